The zero-order valence-electron chi connectivity index (χ0n) is 5.49. The molecule has 0 saturated heterocycles. The van der Waals surface area contributed by atoms with E-state index in [-0.39, 0.29) is 24.2 Å². The molecule has 0 rings (SSSR count). The van der Waals surface area contributed by atoms with Gasteiger partial charge in [-0.1, -0.05) is 0 Å². The summed E-state index contributed by atoms with van der Waals surface area (Å²) in [6, 6.07) is -0.245. The Hall–Kier alpha value is 0.200. The molecule has 0 heterocycles. The van der Waals surface area contributed by atoms with E-state index in [0.717, 1.165) is 0 Å². The maximum Gasteiger partial charge on any atom is 0.148 e. The van der Waals surface area contributed by atoms with Gasteiger partial charge in [0.05, 0.1) is 5.75 Å². The van der Waals surface area contributed by atoms with Crippen molar-refractivity contribution in [1.82, 2.24) is 0 Å². The second-order valence-electron chi connectivity index (χ2n) is 2.07. The molecule has 0 bridgehead atoms. The molecular weight excluding hydrogens is 162 g/mol. The minimum atomic E-state index is -2.85. The molecule has 0 aliphatic rings. The molecule has 0 aromatic rings. The van der Waals surface area contributed by atoms with Gasteiger partial charge in [0.1, 0.15) is 9.84 Å². The van der Waals surface area contributed by atoms with E-state index in [2.05, 4.69) is 0 Å². The molecule has 58 valence electrons. The van der Waals surface area contributed by atoms with Crippen LogP contribution in [0.3, 0.4) is 0 Å². The first-order valence-electron chi connectivity index (χ1n) is 2.35. The summed E-state index contributed by atoms with van der Waals surface area (Å²) < 4.78 is 20.7. The van der Waals surface area contributed by atoms with Gasteiger partial charge in [-0.2, -0.15) is 0 Å². The van der Waals surface area contributed by atoms with Gasteiger partial charge in [-0.3, -0.25) is 0 Å². The lowest BCUT2D eigenvalue weighted by atomic mass is 10.4. The zero-order chi connectivity index (χ0) is 6.78. The molecule has 9 heavy (non-hydrogen) atoms. The molecule has 0 unspecified atom stereocenters. The Bertz CT molecular complexity index is 152. The van der Waals surface area contributed by atoms with E-state index in [1.54, 1.807) is 6.92 Å². The van der Waals surface area contributed by atoms with Crippen molar-refractivity contribution in [1.29, 1.82) is 0 Å². The summed E-state index contributed by atoms with van der Waals surface area (Å²) in [5, 5.41) is 0. The predicted octanol–water partition coefficient (Wildman–Crippen LogP) is -0.200. The largest absolute Gasteiger partial charge is 0.327 e. The van der Waals surface area contributed by atoms with Crippen LogP contribution in [0.2, 0.25) is 0 Å². The van der Waals surface area contributed by atoms with E-state index in [1.807, 2.05) is 0 Å². The van der Waals surface area contributed by atoms with Crippen LogP contribution in [0.15, 0.2) is 0 Å². The minimum absolute atomic E-state index is 0. The van der Waals surface area contributed by atoms with E-state index < -0.39 is 9.84 Å². The summed E-state index contributed by atoms with van der Waals surface area (Å²) in [6.07, 6.45) is 1.18. The predicted molar refractivity (Wildman–Crippen MR) is 40.6 cm³/mol. The molecule has 3 nitrogen and oxygen atoms in total. The van der Waals surface area contributed by atoms with Crippen LogP contribution in [0.5, 0.6) is 0 Å². The van der Waals surface area contributed by atoms with E-state index in [9.17, 15) is 8.42 Å². The number of sulfone groups is 1. The van der Waals surface area contributed by atoms with Crippen LogP contribution in [-0.4, -0.2) is 26.5 Å². The first-order valence-corrected chi connectivity index (χ1v) is 4.41. The quantitative estimate of drug-likeness (QED) is 0.629. The Labute approximate surface area is 62.0 Å². The van der Waals surface area contributed by atoms with Crippen molar-refractivity contribution in [2.45, 2.75) is 13.0 Å². The lowest BCUT2D eigenvalue weighted by molar-refractivity contribution is 0.596. The fourth-order valence-corrected chi connectivity index (χ4v) is 1.43. The van der Waals surface area contributed by atoms with E-state index in [0.29, 0.717) is 0 Å². The lowest BCUT2D eigenvalue weighted by Crippen LogP contribution is -2.25. The first-order chi connectivity index (χ1) is 3.42. The van der Waals surface area contributed by atoms with Gasteiger partial charge in [-0.15, -0.1) is 12.4 Å². The van der Waals surface area contributed by atoms with Gasteiger partial charge in [0.25, 0.3) is 0 Å². The number of halogens is 1. The van der Waals surface area contributed by atoms with Crippen molar-refractivity contribution in [3.05, 3.63) is 0 Å². The number of hydrogen-bond donors (Lipinski definition) is 1. The third-order valence-corrected chi connectivity index (χ3v) is 1.70. The fourth-order valence-electron chi connectivity index (χ4n) is 0.478. The van der Waals surface area contributed by atoms with Gasteiger partial charge in [-0.25, -0.2) is 8.42 Å². The van der Waals surface area contributed by atoms with Crippen molar-refractivity contribution in [3.63, 3.8) is 0 Å². The Morgan fingerprint density at radius 2 is 1.89 bits per heavy atom. The average Bonchev–Trinajstić information content (AvgIpc) is 1.21. The van der Waals surface area contributed by atoms with Crippen LogP contribution >= 0.6 is 12.4 Å². The molecule has 0 saturated carbocycles. The summed E-state index contributed by atoms with van der Waals surface area (Å²) in [4.78, 5) is 0. The van der Waals surface area contributed by atoms with Crippen molar-refractivity contribution >= 4 is 22.2 Å². The van der Waals surface area contributed by atoms with Crippen LogP contribution < -0.4 is 5.73 Å². The summed E-state index contributed by atoms with van der Waals surface area (Å²) in [5.41, 5.74) is 5.20. The second-order valence-corrected chi connectivity index (χ2v) is 4.25. The number of rotatable bonds is 2. The standard InChI is InChI=1S/C4H11NO2S.ClH/c1-4(5)3-8(2,6)7;/h4H,3,5H2,1-2H3;1H/t4-;/m0./s1. The summed E-state index contributed by atoms with van der Waals surface area (Å²) in [5.74, 6) is 0.0764. The number of nitrogens with two attached hydrogens (primary N) is 1. The topological polar surface area (TPSA) is 60.2 Å². The van der Waals surface area contributed by atoms with Crippen molar-refractivity contribution < 1.29 is 8.42 Å². The molecule has 0 aromatic heterocycles. The molecule has 5 heteroatoms. The van der Waals surface area contributed by atoms with Gasteiger partial charge in [0, 0.05) is 12.3 Å². The van der Waals surface area contributed by atoms with Crippen molar-refractivity contribution in [3.8, 4) is 0 Å². The maximum absolute atomic E-state index is 10.4. The third kappa shape index (κ3) is 11.7. The Morgan fingerprint density at radius 3 is 1.89 bits per heavy atom. The molecule has 0 aromatic carbocycles. The van der Waals surface area contributed by atoms with Gasteiger partial charge >= 0.3 is 0 Å². The summed E-state index contributed by atoms with van der Waals surface area (Å²) >= 11 is 0. The van der Waals surface area contributed by atoms with E-state index >= 15 is 0 Å². The lowest BCUT2D eigenvalue weighted by Gasteiger charge is -1.99. The van der Waals surface area contributed by atoms with Crippen LogP contribution in [0.1, 0.15) is 6.92 Å². The molecule has 0 aliphatic heterocycles. The van der Waals surface area contributed by atoms with Gasteiger partial charge in [-0.05, 0) is 6.92 Å². The number of hydrogen-bond acceptors (Lipinski definition) is 3. The molecule has 0 amide bonds. The van der Waals surface area contributed by atoms with E-state index in [1.165, 1.54) is 6.26 Å². The Kier molecular flexibility index (Phi) is 5.42. The monoisotopic (exact) mass is 173 g/mol. The van der Waals surface area contributed by atoms with Crippen molar-refractivity contribution in [2.24, 2.45) is 5.73 Å². The summed E-state index contributed by atoms with van der Waals surface area (Å²) in [6.45, 7) is 1.67. The maximum atomic E-state index is 10.4. The molecule has 2 N–H and O–H groups in total. The van der Waals surface area contributed by atoms with Crippen LogP contribution in [-0.2, 0) is 9.84 Å². The Morgan fingerprint density at radius 1 is 1.56 bits per heavy atom. The highest BCUT2D eigenvalue weighted by Crippen LogP contribution is 1.84. The van der Waals surface area contributed by atoms with Crippen LogP contribution in [0.25, 0.3) is 0 Å². The third-order valence-electron chi connectivity index (χ3n) is 0.566. The fraction of sp³-hybridized carbons (Fsp3) is 1.00. The average molecular weight is 174 g/mol. The Balaban J connectivity index is 0. The highest BCUT2D eigenvalue weighted by atomic mass is 35.5. The molecule has 0 fully saturated rings. The molecule has 0 radical (unpaired) electrons. The van der Waals surface area contributed by atoms with Gasteiger partial charge < -0.3 is 5.73 Å². The normalized spacial score (nSPS) is 14.1. The van der Waals surface area contributed by atoms with Gasteiger partial charge in [0.2, 0.25) is 0 Å². The SMILES string of the molecule is C[C@H](N)CS(C)(=O)=O.Cl. The summed E-state index contributed by atoms with van der Waals surface area (Å²) in [7, 11) is -2.85. The minimum Gasteiger partial charge on any atom is -0.327 e. The highest BCUT2D eigenvalue weighted by molar-refractivity contribution is 7.90. The van der Waals surface area contributed by atoms with Gasteiger partial charge in [0.15, 0.2) is 0 Å². The second kappa shape index (κ2) is 4.09. The highest BCUT2D eigenvalue weighted by Gasteiger charge is 2.03. The van der Waals surface area contributed by atoms with Crippen LogP contribution in [0, 0.1) is 0 Å². The smallest absolute Gasteiger partial charge is 0.148 e. The molecule has 0 aliphatic carbocycles. The molecule has 1 atom stereocenters. The molecule has 0 spiro atoms. The van der Waals surface area contributed by atoms with Crippen molar-refractivity contribution in [2.75, 3.05) is 12.0 Å². The van der Waals surface area contributed by atoms with E-state index in [4.69, 9.17) is 5.73 Å². The molecular formula is C4H12ClNO2S. The first kappa shape index (κ1) is 11.9. The van der Waals surface area contributed by atoms with Crippen LogP contribution in [0.4, 0.5) is 0 Å². The zero-order valence-corrected chi connectivity index (χ0v) is 7.13.